The Labute approximate surface area is 189 Å². The van der Waals surface area contributed by atoms with Crippen LogP contribution in [-0.4, -0.2) is 10.9 Å². The van der Waals surface area contributed by atoms with Crippen LogP contribution in [0.1, 0.15) is 21.5 Å². The second-order valence-corrected chi connectivity index (χ2v) is 8.40. The van der Waals surface area contributed by atoms with Crippen molar-refractivity contribution in [2.75, 3.05) is 5.32 Å². The average molecular weight is 456 g/mol. The van der Waals surface area contributed by atoms with E-state index in [1.54, 1.807) is 36.4 Å². The summed E-state index contributed by atoms with van der Waals surface area (Å²) in [6.07, 6.45) is 0. The normalized spacial score (nSPS) is 11.0. The SMILES string of the molecule is Cc1cc(C)c2nc(-c3ccc(Cl)cc3)cc(C(=O)Nc3cc(Cl)ccc3Cl)c2c1. The molecule has 1 N–H and O–H groups in total. The van der Waals surface area contributed by atoms with Gasteiger partial charge in [0.15, 0.2) is 0 Å². The van der Waals surface area contributed by atoms with Gasteiger partial charge in [0.25, 0.3) is 5.91 Å². The largest absolute Gasteiger partial charge is 0.321 e. The Morgan fingerprint density at radius 1 is 0.867 bits per heavy atom. The highest BCUT2D eigenvalue weighted by molar-refractivity contribution is 6.36. The van der Waals surface area contributed by atoms with E-state index in [0.717, 1.165) is 27.6 Å². The summed E-state index contributed by atoms with van der Waals surface area (Å²) < 4.78 is 0. The molecule has 0 bridgehead atoms. The van der Waals surface area contributed by atoms with Gasteiger partial charge < -0.3 is 5.32 Å². The summed E-state index contributed by atoms with van der Waals surface area (Å²) in [6.45, 7) is 3.98. The van der Waals surface area contributed by atoms with Gasteiger partial charge in [-0.3, -0.25) is 4.79 Å². The van der Waals surface area contributed by atoms with E-state index in [1.165, 1.54) is 0 Å². The topological polar surface area (TPSA) is 42.0 Å². The standard InChI is InChI=1S/C24H17Cl3N2O/c1-13-9-14(2)23-18(10-13)19(12-21(28-23)15-3-5-16(25)6-4-15)24(30)29-22-11-17(26)7-8-20(22)27/h3-12H,1-2H3,(H,29,30). The maximum Gasteiger partial charge on any atom is 0.256 e. The molecule has 4 aromatic rings. The predicted octanol–water partition coefficient (Wildman–Crippen LogP) is 7.73. The monoisotopic (exact) mass is 454 g/mol. The van der Waals surface area contributed by atoms with E-state index in [9.17, 15) is 4.79 Å². The minimum Gasteiger partial charge on any atom is -0.321 e. The smallest absolute Gasteiger partial charge is 0.256 e. The van der Waals surface area contributed by atoms with E-state index >= 15 is 0 Å². The summed E-state index contributed by atoms with van der Waals surface area (Å²) in [5.41, 5.74) is 5.34. The summed E-state index contributed by atoms with van der Waals surface area (Å²) in [6, 6.07) is 18.1. The summed E-state index contributed by atoms with van der Waals surface area (Å²) in [5.74, 6) is -0.285. The van der Waals surface area contributed by atoms with Crippen molar-refractivity contribution in [2.45, 2.75) is 13.8 Å². The number of benzene rings is 3. The first-order chi connectivity index (χ1) is 14.3. The van der Waals surface area contributed by atoms with Gasteiger partial charge in [0, 0.05) is 21.0 Å². The zero-order valence-electron chi connectivity index (χ0n) is 16.3. The first-order valence-corrected chi connectivity index (χ1v) is 10.4. The lowest BCUT2D eigenvalue weighted by atomic mass is 9.99. The maximum atomic E-state index is 13.3. The number of anilines is 1. The number of pyridine rings is 1. The molecule has 1 heterocycles. The number of carbonyl (C=O) groups excluding carboxylic acids is 1. The zero-order valence-corrected chi connectivity index (χ0v) is 18.5. The van der Waals surface area contributed by atoms with E-state index in [2.05, 4.69) is 11.4 Å². The molecule has 0 aliphatic heterocycles. The van der Waals surface area contributed by atoms with Gasteiger partial charge in [0.05, 0.1) is 27.5 Å². The molecule has 6 heteroatoms. The lowest BCUT2D eigenvalue weighted by molar-refractivity contribution is 0.102. The molecule has 3 aromatic carbocycles. The third-order valence-corrected chi connectivity index (χ3v) is 5.63. The lowest BCUT2D eigenvalue weighted by Gasteiger charge is -2.14. The molecular weight excluding hydrogens is 439 g/mol. The number of nitrogens with one attached hydrogen (secondary N) is 1. The number of hydrogen-bond donors (Lipinski definition) is 1. The third-order valence-electron chi connectivity index (χ3n) is 4.81. The number of aryl methyl sites for hydroxylation is 2. The Morgan fingerprint density at radius 2 is 1.57 bits per heavy atom. The molecule has 0 unspecified atom stereocenters. The minimum absolute atomic E-state index is 0.285. The van der Waals surface area contributed by atoms with E-state index in [-0.39, 0.29) is 5.91 Å². The van der Waals surface area contributed by atoms with Gasteiger partial charge in [0.1, 0.15) is 0 Å². The number of aromatic nitrogens is 1. The van der Waals surface area contributed by atoms with E-state index in [4.69, 9.17) is 39.8 Å². The Balaban J connectivity index is 1.89. The van der Waals surface area contributed by atoms with Crippen molar-refractivity contribution in [2.24, 2.45) is 0 Å². The van der Waals surface area contributed by atoms with Crippen molar-refractivity contribution in [3.05, 3.63) is 92.4 Å². The Kier molecular flexibility index (Phi) is 5.70. The molecule has 1 aromatic heterocycles. The van der Waals surface area contributed by atoms with Gasteiger partial charge in [-0.1, -0.05) is 58.6 Å². The minimum atomic E-state index is -0.285. The van der Waals surface area contributed by atoms with Crippen LogP contribution in [0.25, 0.3) is 22.2 Å². The summed E-state index contributed by atoms with van der Waals surface area (Å²) in [7, 11) is 0. The Bertz CT molecular complexity index is 1280. The van der Waals surface area contributed by atoms with Crippen LogP contribution < -0.4 is 5.32 Å². The van der Waals surface area contributed by atoms with Crippen LogP contribution in [0.3, 0.4) is 0 Å². The van der Waals surface area contributed by atoms with Crippen LogP contribution in [-0.2, 0) is 0 Å². The summed E-state index contributed by atoms with van der Waals surface area (Å²) in [4.78, 5) is 18.1. The quantitative estimate of drug-likeness (QED) is 0.343. The fraction of sp³-hybridized carbons (Fsp3) is 0.0833. The summed E-state index contributed by atoms with van der Waals surface area (Å²) >= 11 is 18.3. The Hall–Kier alpha value is -2.59. The van der Waals surface area contributed by atoms with Gasteiger partial charge in [0.2, 0.25) is 0 Å². The van der Waals surface area contributed by atoms with Crippen molar-refractivity contribution in [3.8, 4) is 11.3 Å². The molecule has 1 amide bonds. The van der Waals surface area contributed by atoms with Crippen molar-refractivity contribution in [1.29, 1.82) is 0 Å². The maximum absolute atomic E-state index is 13.3. The third kappa shape index (κ3) is 4.15. The molecule has 0 aliphatic rings. The Morgan fingerprint density at radius 3 is 2.30 bits per heavy atom. The van der Waals surface area contributed by atoms with Crippen molar-refractivity contribution < 1.29 is 4.79 Å². The van der Waals surface area contributed by atoms with Crippen LogP contribution in [0.5, 0.6) is 0 Å². The van der Waals surface area contributed by atoms with Gasteiger partial charge in [-0.15, -0.1) is 0 Å². The number of fused-ring (bicyclic) bond motifs is 1. The van der Waals surface area contributed by atoms with Crippen LogP contribution in [0, 0.1) is 13.8 Å². The molecule has 0 saturated heterocycles. The van der Waals surface area contributed by atoms with Gasteiger partial charge in [-0.05, 0) is 61.9 Å². The molecule has 0 radical (unpaired) electrons. The molecule has 3 nitrogen and oxygen atoms in total. The molecule has 0 aliphatic carbocycles. The lowest BCUT2D eigenvalue weighted by Crippen LogP contribution is -2.14. The number of amides is 1. The van der Waals surface area contributed by atoms with Crippen molar-refractivity contribution >= 4 is 57.3 Å². The average Bonchev–Trinajstić information content (AvgIpc) is 2.70. The number of rotatable bonds is 3. The molecule has 0 spiro atoms. The molecule has 0 fully saturated rings. The number of nitrogens with zero attached hydrogens (tertiary/aromatic N) is 1. The highest BCUT2D eigenvalue weighted by atomic mass is 35.5. The van der Waals surface area contributed by atoms with Crippen LogP contribution in [0.15, 0.2) is 60.7 Å². The molecule has 4 rings (SSSR count). The second kappa shape index (κ2) is 8.27. The van der Waals surface area contributed by atoms with Crippen molar-refractivity contribution in [3.63, 3.8) is 0 Å². The molecule has 30 heavy (non-hydrogen) atoms. The van der Waals surface area contributed by atoms with E-state index in [0.29, 0.717) is 32.0 Å². The fourth-order valence-corrected chi connectivity index (χ4v) is 3.88. The van der Waals surface area contributed by atoms with Crippen LogP contribution >= 0.6 is 34.8 Å². The van der Waals surface area contributed by atoms with E-state index < -0.39 is 0 Å². The predicted molar refractivity (Wildman–Crippen MR) is 126 cm³/mol. The number of hydrogen-bond acceptors (Lipinski definition) is 2. The van der Waals surface area contributed by atoms with Gasteiger partial charge in [-0.25, -0.2) is 4.98 Å². The van der Waals surface area contributed by atoms with E-state index in [1.807, 2.05) is 32.0 Å². The van der Waals surface area contributed by atoms with Crippen LogP contribution in [0.4, 0.5) is 5.69 Å². The van der Waals surface area contributed by atoms with Crippen molar-refractivity contribution in [1.82, 2.24) is 4.98 Å². The number of carbonyl (C=O) groups is 1. The molecule has 0 atom stereocenters. The summed E-state index contributed by atoms with van der Waals surface area (Å²) in [5, 5.41) is 5.20. The first-order valence-electron chi connectivity index (χ1n) is 9.26. The highest BCUT2D eigenvalue weighted by Crippen LogP contribution is 2.31. The first kappa shape index (κ1) is 20.7. The fourth-order valence-electron chi connectivity index (χ4n) is 3.42. The highest BCUT2D eigenvalue weighted by Gasteiger charge is 2.17. The van der Waals surface area contributed by atoms with Gasteiger partial charge in [-0.2, -0.15) is 0 Å². The number of halogens is 3. The zero-order chi connectivity index (χ0) is 21.4. The molecular formula is C24H17Cl3N2O. The second-order valence-electron chi connectivity index (χ2n) is 7.12. The van der Waals surface area contributed by atoms with Crippen LogP contribution in [0.2, 0.25) is 15.1 Å². The molecule has 0 saturated carbocycles. The molecule has 150 valence electrons. The van der Waals surface area contributed by atoms with Gasteiger partial charge >= 0.3 is 0 Å².